The Morgan fingerprint density at radius 1 is 1.00 bits per heavy atom. The number of carbonyl (C=O) groups excluding carboxylic acids is 1. The lowest BCUT2D eigenvalue weighted by Crippen LogP contribution is -2.14. The standard InChI is InChI=1S/C25H20F2N2O3/c1-2-31-24-14-17(11-12-23(24)32-16-18-7-3-4-8-20(18)26)13-19(15-28)25(30)29-22-10-6-5-9-21(22)27/h3-14H,2,16H2,1H3,(H,29,30)/b19-13-. The highest BCUT2D eigenvalue weighted by Gasteiger charge is 2.13. The summed E-state index contributed by atoms with van der Waals surface area (Å²) in [6.07, 6.45) is 1.36. The summed E-state index contributed by atoms with van der Waals surface area (Å²) in [4.78, 5) is 12.4. The number of ether oxygens (including phenoxy) is 2. The van der Waals surface area contributed by atoms with Gasteiger partial charge >= 0.3 is 0 Å². The molecule has 0 heterocycles. The van der Waals surface area contributed by atoms with Gasteiger partial charge in [-0.15, -0.1) is 0 Å². The van der Waals surface area contributed by atoms with Crippen LogP contribution >= 0.6 is 0 Å². The molecular formula is C25H20F2N2O3. The van der Waals surface area contributed by atoms with Crippen LogP contribution in [-0.4, -0.2) is 12.5 Å². The first-order valence-electron chi connectivity index (χ1n) is 9.82. The number of anilines is 1. The average molecular weight is 434 g/mol. The quantitative estimate of drug-likeness (QED) is 0.376. The van der Waals surface area contributed by atoms with Crippen molar-refractivity contribution in [2.24, 2.45) is 0 Å². The first-order valence-corrected chi connectivity index (χ1v) is 9.82. The van der Waals surface area contributed by atoms with Crippen LogP contribution in [0.4, 0.5) is 14.5 Å². The number of hydrogen-bond donors (Lipinski definition) is 1. The summed E-state index contributed by atoms with van der Waals surface area (Å²) in [5, 5.41) is 11.8. The minimum atomic E-state index is -0.740. The SMILES string of the molecule is CCOc1cc(/C=C(/C#N)C(=O)Nc2ccccc2F)ccc1OCc1ccccc1F. The third-order valence-corrected chi connectivity index (χ3v) is 4.41. The summed E-state index contributed by atoms with van der Waals surface area (Å²) in [6.45, 7) is 2.16. The lowest BCUT2D eigenvalue weighted by atomic mass is 10.1. The number of rotatable bonds is 8. The normalized spacial score (nSPS) is 10.9. The van der Waals surface area contributed by atoms with Gasteiger partial charge in [0.25, 0.3) is 5.91 Å². The van der Waals surface area contributed by atoms with Crippen molar-refractivity contribution in [3.8, 4) is 17.6 Å². The summed E-state index contributed by atoms with van der Waals surface area (Å²) in [7, 11) is 0. The molecule has 3 aromatic carbocycles. The average Bonchev–Trinajstić information content (AvgIpc) is 2.79. The van der Waals surface area contributed by atoms with E-state index < -0.39 is 11.7 Å². The van der Waals surface area contributed by atoms with Crippen LogP contribution in [0.2, 0.25) is 0 Å². The zero-order valence-corrected chi connectivity index (χ0v) is 17.3. The van der Waals surface area contributed by atoms with E-state index in [9.17, 15) is 18.8 Å². The minimum Gasteiger partial charge on any atom is -0.490 e. The number of carbonyl (C=O) groups is 1. The Bertz CT molecular complexity index is 1190. The zero-order chi connectivity index (χ0) is 22.9. The van der Waals surface area contributed by atoms with Crippen molar-refractivity contribution in [3.63, 3.8) is 0 Å². The largest absolute Gasteiger partial charge is 0.490 e. The van der Waals surface area contributed by atoms with Crippen LogP contribution in [-0.2, 0) is 11.4 Å². The molecule has 0 aliphatic carbocycles. The summed E-state index contributed by atoms with van der Waals surface area (Å²) in [6, 6.07) is 18.6. The van der Waals surface area contributed by atoms with Crippen LogP contribution in [0.5, 0.6) is 11.5 Å². The number of nitrogens with one attached hydrogen (secondary N) is 1. The topological polar surface area (TPSA) is 71.3 Å². The number of nitriles is 1. The van der Waals surface area contributed by atoms with E-state index in [2.05, 4.69) is 5.32 Å². The fourth-order valence-electron chi connectivity index (χ4n) is 2.84. The predicted octanol–water partition coefficient (Wildman–Crippen LogP) is 5.49. The van der Waals surface area contributed by atoms with Gasteiger partial charge in [0.05, 0.1) is 12.3 Å². The van der Waals surface area contributed by atoms with Crippen molar-refractivity contribution < 1.29 is 23.0 Å². The molecule has 0 radical (unpaired) electrons. The fourth-order valence-corrected chi connectivity index (χ4v) is 2.84. The second-order valence-electron chi connectivity index (χ2n) is 6.62. The van der Waals surface area contributed by atoms with Crippen LogP contribution in [0.1, 0.15) is 18.1 Å². The van der Waals surface area contributed by atoms with Crippen LogP contribution < -0.4 is 14.8 Å². The van der Waals surface area contributed by atoms with Crippen LogP contribution in [0.25, 0.3) is 6.08 Å². The smallest absolute Gasteiger partial charge is 0.266 e. The zero-order valence-electron chi connectivity index (χ0n) is 17.3. The van der Waals surface area contributed by atoms with E-state index in [0.717, 1.165) is 0 Å². The molecule has 0 bridgehead atoms. The number of amides is 1. The molecule has 1 N–H and O–H groups in total. The molecule has 0 unspecified atom stereocenters. The molecule has 0 aromatic heterocycles. The van der Waals surface area contributed by atoms with Crippen molar-refractivity contribution in [1.29, 1.82) is 5.26 Å². The van der Waals surface area contributed by atoms with Crippen molar-refractivity contribution in [3.05, 3.63) is 95.1 Å². The van der Waals surface area contributed by atoms with E-state index in [1.165, 1.54) is 30.3 Å². The Balaban J connectivity index is 1.80. The molecule has 5 nitrogen and oxygen atoms in total. The summed E-state index contributed by atoms with van der Waals surface area (Å²) in [5.41, 5.74) is 0.670. The fraction of sp³-hybridized carbons (Fsp3) is 0.120. The van der Waals surface area contributed by atoms with Gasteiger partial charge in [-0.25, -0.2) is 8.78 Å². The van der Waals surface area contributed by atoms with Crippen LogP contribution in [0.15, 0.2) is 72.3 Å². The highest BCUT2D eigenvalue weighted by molar-refractivity contribution is 6.09. The predicted molar refractivity (Wildman–Crippen MR) is 117 cm³/mol. The maximum atomic E-state index is 13.8. The Kier molecular flexibility index (Phi) is 7.55. The molecule has 0 saturated carbocycles. The molecule has 3 rings (SSSR count). The van der Waals surface area contributed by atoms with Gasteiger partial charge in [-0.1, -0.05) is 36.4 Å². The molecule has 0 aliphatic heterocycles. The highest BCUT2D eigenvalue weighted by Crippen LogP contribution is 2.30. The second-order valence-corrected chi connectivity index (χ2v) is 6.62. The number of hydrogen-bond acceptors (Lipinski definition) is 4. The van der Waals surface area contributed by atoms with E-state index in [4.69, 9.17) is 9.47 Å². The van der Waals surface area contributed by atoms with Gasteiger partial charge in [0.15, 0.2) is 11.5 Å². The maximum Gasteiger partial charge on any atom is 0.266 e. The van der Waals surface area contributed by atoms with Crippen molar-refractivity contribution >= 4 is 17.7 Å². The number of benzene rings is 3. The van der Waals surface area contributed by atoms with Crippen molar-refractivity contribution in [2.75, 3.05) is 11.9 Å². The van der Waals surface area contributed by atoms with E-state index in [-0.39, 0.29) is 23.7 Å². The van der Waals surface area contributed by atoms with Crippen LogP contribution in [0.3, 0.4) is 0 Å². The van der Waals surface area contributed by atoms with Gasteiger partial charge in [0.1, 0.15) is 29.9 Å². The van der Waals surface area contributed by atoms with Gasteiger partial charge < -0.3 is 14.8 Å². The molecule has 1 amide bonds. The second kappa shape index (κ2) is 10.7. The molecule has 3 aromatic rings. The summed E-state index contributed by atoms with van der Waals surface area (Å²) >= 11 is 0. The molecule has 0 saturated heterocycles. The number of halogens is 2. The summed E-state index contributed by atoms with van der Waals surface area (Å²) in [5.74, 6) is -0.945. The van der Waals surface area contributed by atoms with Gasteiger partial charge in [-0.05, 0) is 48.9 Å². The van der Waals surface area contributed by atoms with Gasteiger partial charge in [-0.2, -0.15) is 5.26 Å². The molecule has 32 heavy (non-hydrogen) atoms. The lowest BCUT2D eigenvalue weighted by Gasteiger charge is -2.13. The first-order chi connectivity index (χ1) is 15.5. The molecular weight excluding hydrogens is 414 g/mol. The maximum absolute atomic E-state index is 13.8. The van der Waals surface area contributed by atoms with Crippen molar-refractivity contribution in [2.45, 2.75) is 13.5 Å². The molecule has 0 fully saturated rings. The molecule has 0 spiro atoms. The third-order valence-electron chi connectivity index (χ3n) is 4.41. The van der Waals surface area contributed by atoms with Gasteiger partial charge in [0, 0.05) is 5.56 Å². The van der Waals surface area contributed by atoms with E-state index in [1.807, 2.05) is 6.07 Å². The van der Waals surface area contributed by atoms with E-state index in [0.29, 0.717) is 29.2 Å². The first kappa shape index (κ1) is 22.5. The van der Waals surface area contributed by atoms with Crippen molar-refractivity contribution in [1.82, 2.24) is 0 Å². The lowest BCUT2D eigenvalue weighted by molar-refractivity contribution is -0.112. The highest BCUT2D eigenvalue weighted by atomic mass is 19.1. The third kappa shape index (κ3) is 5.70. The summed E-state index contributed by atoms with van der Waals surface area (Å²) < 4.78 is 38.9. The Morgan fingerprint density at radius 2 is 1.72 bits per heavy atom. The number of nitrogens with zero attached hydrogens (tertiary/aromatic N) is 1. The van der Waals surface area contributed by atoms with E-state index >= 15 is 0 Å². The van der Waals surface area contributed by atoms with E-state index in [1.54, 1.807) is 49.4 Å². The molecule has 7 heteroatoms. The minimum absolute atomic E-state index is 0.0103. The molecule has 0 atom stereocenters. The Labute approximate surface area is 184 Å². The molecule has 0 aliphatic rings. The van der Waals surface area contributed by atoms with Gasteiger partial charge in [-0.3, -0.25) is 4.79 Å². The number of para-hydroxylation sites is 1. The Hall–Kier alpha value is -4.18. The Morgan fingerprint density at radius 3 is 2.41 bits per heavy atom. The monoisotopic (exact) mass is 434 g/mol. The molecule has 162 valence electrons. The van der Waals surface area contributed by atoms with Gasteiger partial charge in [0.2, 0.25) is 0 Å². The van der Waals surface area contributed by atoms with Crippen LogP contribution in [0, 0.1) is 23.0 Å².